The summed E-state index contributed by atoms with van der Waals surface area (Å²) in [5.74, 6) is -0.252. The number of amides is 3. The Balaban J connectivity index is 1.29. The van der Waals surface area contributed by atoms with Crippen LogP contribution < -0.4 is 10.6 Å². The van der Waals surface area contributed by atoms with Gasteiger partial charge >= 0.3 is 0 Å². The Morgan fingerprint density at radius 2 is 1.88 bits per heavy atom. The number of fused-ring (bicyclic) bond motifs is 8. The van der Waals surface area contributed by atoms with E-state index >= 15 is 0 Å². The summed E-state index contributed by atoms with van der Waals surface area (Å²) < 4.78 is 1.61. The third-order valence-electron chi connectivity index (χ3n) is 8.74. The molecule has 0 saturated carbocycles. The molecule has 3 aromatic rings. The van der Waals surface area contributed by atoms with Crippen molar-refractivity contribution in [1.29, 1.82) is 0 Å². The van der Waals surface area contributed by atoms with Gasteiger partial charge in [-0.25, -0.2) is 9.67 Å². The van der Waals surface area contributed by atoms with E-state index in [-0.39, 0.29) is 42.9 Å². The Labute approximate surface area is 248 Å². The van der Waals surface area contributed by atoms with Crippen LogP contribution in [0.15, 0.2) is 30.7 Å². The maximum atomic E-state index is 13.9. The van der Waals surface area contributed by atoms with E-state index in [2.05, 4.69) is 30.8 Å². The summed E-state index contributed by atoms with van der Waals surface area (Å²) in [6.45, 7) is 4.72. The summed E-state index contributed by atoms with van der Waals surface area (Å²) in [6, 6.07) is 2.89. The Bertz CT molecular complexity index is 1440. The molecule has 1 spiro atoms. The van der Waals surface area contributed by atoms with E-state index in [0.717, 1.165) is 47.2 Å². The average Bonchev–Trinajstić information content (AvgIpc) is 3.60. The van der Waals surface area contributed by atoms with Gasteiger partial charge in [0.15, 0.2) is 0 Å². The van der Waals surface area contributed by atoms with Gasteiger partial charge in [0.05, 0.1) is 46.4 Å². The van der Waals surface area contributed by atoms with Crippen molar-refractivity contribution < 1.29 is 14.4 Å². The number of likely N-dealkylation sites (tertiary alicyclic amines) is 1. The lowest BCUT2D eigenvalue weighted by molar-refractivity contribution is -0.138. The number of hydrogen-bond donors (Lipinski definition) is 2. The van der Waals surface area contributed by atoms with Gasteiger partial charge in [-0.3, -0.25) is 19.4 Å². The molecular formula is C29H37N9O3S. The molecule has 4 bridgehead atoms. The number of thiazole rings is 1. The standard InChI is InChI=1S/C29H37N9O3S/c1-19-23-15-25(39)33-29(7-12-36(2)13-8-29)16-26(40)31-24(14-21-18-38(35-34-21)22-4-3-9-30-17-22)28(41)37-10-5-20(6-11-37)27(32-23)42-19/h3-4,9,17-18,20,24H,5-8,10-16H2,1-2H3,(H,31,40)(H,33,39)/t24-/m1/s1. The molecule has 3 aromatic heterocycles. The summed E-state index contributed by atoms with van der Waals surface area (Å²) in [7, 11) is 2.04. The molecule has 2 N–H and O–H groups in total. The lowest BCUT2D eigenvalue weighted by Gasteiger charge is -2.41. The molecule has 4 aliphatic rings. The SMILES string of the molecule is Cc1sc2nc1CC(=O)NC1(CCN(C)CC1)CC(=O)N[C@H](Cc1cn(-c3cccnc3)nn1)C(=O)N1CCC2CC1. The van der Waals surface area contributed by atoms with E-state index in [4.69, 9.17) is 4.98 Å². The zero-order valence-electron chi connectivity index (χ0n) is 24.1. The monoisotopic (exact) mass is 591 g/mol. The van der Waals surface area contributed by atoms with Gasteiger partial charge in [-0.05, 0) is 51.8 Å². The van der Waals surface area contributed by atoms with Gasteiger partial charge in [0.25, 0.3) is 0 Å². The lowest BCUT2D eigenvalue weighted by Crippen LogP contribution is -2.58. The van der Waals surface area contributed by atoms with Crippen molar-refractivity contribution in [3.05, 3.63) is 52.0 Å². The highest BCUT2D eigenvalue weighted by Gasteiger charge is 2.39. The zero-order valence-corrected chi connectivity index (χ0v) is 24.9. The second-order valence-electron chi connectivity index (χ2n) is 11.8. The number of carbonyl (C=O) groups excluding carboxylic acids is 3. The minimum absolute atomic E-state index is 0.0993. The minimum Gasteiger partial charge on any atom is -0.350 e. The highest BCUT2D eigenvalue weighted by Crippen LogP contribution is 2.33. The number of pyridine rings is 1. The number of aromatic nitrogens is 5. The Kier molecular flexibility index (Phi) is 8.04. The molecule has 0 aromatic carbocycles. The first-order valence-corrected chi connectivity index (χ1v) is 15.4. The van der Waals surface area contributed by atoms with Crippen LogP contribution in [0.1, 0.15) is 59.3 Å². The first-order chi connectivity index (χ1) is 20.3. The molecule has 12 nitrogen and oxygen atoms in total. The number of carbonyl (C=O) groups is 3. The van der Waals surface area contributed by atoms with Crippen molar-refractivity contribution in [3.8, 4) is 5.69 Å². The number of aryl methyl sites for hydroxylation is 1. The Morgan fingerprint density at radius 3 is 2.62 bits per heavy atom. The third-order valence-corrected chi connectivity index (χ3v) is 9.91. The summed E-state index contributed by atoms with van der Waals surface area (Å²) in [4.78, 5) is 55.1. The third kappa shape index (κ3) is 6.21. The van der Waals surface area contributed by atoms with E-state index in [1.165, 1.54) is 0 Å². The Morgan fingerprint density at radius 1 is 1.10 bits per heavy atom. The van der Waals surface area contributed by atoms with Crippen LogP contribution in [0, 0.1) is 6.92 Å². The molecule has 0 unspecified atom stereocenters. The fourth-order valence-electron chi connectivity index (χ4n) is 6.21. The Hall–Kier alpha value is -3.71. The van der Waals surface area contributed by atoms with Crippen molar-refractivity contribution in [2.24, 2.45) is 0 Å². The van der Waals surface area contributed by atoms with E-state index < -0.39 is 11.6 Å². The summed E-state index contributed by atoms with van der Waals surface area (Å²) >= 11 is 1.66. The molecule has 222 valence electrons. The highest BCUT2D eigenvalue weighted by atomic mass is 32.1. The molecule has 2 fully saturated rings. The molecule has 2 saturated heterocycles. The molecule has 0 radical (unpaired) electrons. The van der Waals surface area contributed by atoms with Gasteiger partial charge in [0.1, 0.15) is 6.04 Å². The van der Waals surface area contributed by atoms with Crippen molar-refractivity contribution in [1.82, 2.24) is 45.4 Å². The number of nitrogens with one attached hydrogen (secondary N) is 2. The molecule has 42 heavy (non-hydrogen) atoms. The van der Waals surface area contributed by atoms with Gasteiger partial charge < -0.3 is 20.4 Å². The predicted octanol–water partition coefficient (Wildman–Crippen LogP) is 1.39. The normalized spacial score (nSPS) is 22.4. The zero-order chi connectivity index (χ0) is 29.3. The van der Waals surface area contributed by atoms with E-state index in [1.807, 2.05) is 31.0 Å². The van der Waals surface area contributed by atoms with Crippen molar-refractivity contribution in [2.75, 3.05) is 33.2 Å². The summed E-state index contributed by atoms with van der Waals surface area (Å²) in [5, 5.41) is 15.8. The lowest BCUT2D eigenvalue weighted by atomic mass is 9.83. The number of rotatable bonds is 3. The van der Waals surface area contributed by atoms with E-state index in [0.29, 0.717) is 31.6 Å². The van der Waals surface area contributed by atoms with Crippen molar-refractivity contribution in [2.45, 2.75) is 69.4 Å². The second-order valence-corrected chi connectivity index (χ2v) is 13.1. The first kappa shape index (κ1) is 28.4. The second kappa shape index (κ2) is 11.9. The van der Waals surface area contributed by atoms with Crippen LogP contribution in [0.3, 0.4) is 0 Å². The van der Waals surface area contributed by atoms with Crippen LogP contribution in [0.25, 0.3) is 5.69 Å². The summed E-state index contributed by atoms with van der Waals surface area (Å²) in [6.07, 6.45) is 8.53. The maximum absolute atomic E-state index is 13.9. The van der Waals surface area contributed by atoms with Gasteiger partial charge in [0, 0.05) is 56.0 Å². The van der Waals surface area contributed by atoms with Crippen LogP contribution in [0.4, 0.5) is 0 Å². The highest BCUT2D eigenvalue weighted by molar-refractivity contribution is 7.11. The molecule has 7 heterocycles. The quantitative estimate of drug-likeness (QED) is 0.466. The molecule has 3 amide bonds. The summed E-state index contributed by atoms with van der Waals surface area (Å²) in [5.41, 5.74) is 1.47. The van der Waals surface area contributed by atoms with Gasteiger partial charge in [-0.2, -0.15) is 0 Å². The van der Waals surface area contributed by atoms with Crippen LogP contribution in [-0.2, 0) is 27.2 Å². The molecular weight excluding hydrogens is 554 g/mol. The van der Waals surface area contributed by atoms with Crippen molar-refractivity contribution in [3.63, 3.8) is 0 Å². The van der Waals surface area contributed by atoms with E-state index in [9.17, 15) is 14.4 Å². The smallest absolute Gasteiger partial charge is 0.245 e. The number of nitrogens with zero attached hydrogens (tertiary/aromatic N) is 7. The molecule has 0 aliphatic carbocycles. The van der Waals surface area contributed by atoms with Crippen LogP contribution in [0.2, 0.25) is 0 Å². The van der Waals surface area contributed by atoms with Gasteiger partial charge in [0.2, 0.25) is 17.7 Å². The van der Waals surface area contributed by atoms with Crippen LogP contribution in [-0.4, -0.2) is 97.3 Å². The van der Waals surface area contributed by atoms with Crippen LogP contribution in [0.5, 0.6) is 0 Å². The van der Waals surface area contributed by atoms with Gasteiger partial charge in [-0.1, -0.05) is 5.21 Å². The molecule has 13 heteroatoms. The first-order valence-electron chi connectivity index (χ1n) is 14.6. The maximum Gasteiger partial charge on any atom is 0.245 e. The fourth-order valence-corrected chi connectivity index (χ4v) is 7.32. The van der Waals surface area contributed by atoms with Gasteiger partial charge in [-0.15, -0.1) is 16.4 Å². The topological polar surface area (TPSA) is 138 Å². The van der Waals surface area contributed by atoms with Crippen LogP contribution >= 0.6 is 11.3 Å². The largest absolute Gasteiger partial charge is 0.350 e. The predicted molar refractivity (Wildman–Crippen MR) is 156 cm³/mol. The molecule has 4 aliphatic heterocycles. The van der Waals surface area contributed by atoms with Crippen molar-refractivity contribution >= 4 is 29.1 Å². The molecule has 1 atom stereocenters. The minimum atomic E-state index is -0.797. The fraction of sp³-hybridized carbons (Fsp3) is 0.552. The number of hydrogen-bond acceptors (Lipinski definition) is 9. The van der Waals surface area contributed by atoms with E-state index in [1.54, 1.807) is 34.6 Å². The number of piperidine rings is 2. The molecule has 7 rings (SSSR count). The average molecular weight is 592 g/mol.